The van der Waals surface area contributed by atoms with Gasteiger partial charge in [-0.2, -0.15) is 5.26 Å². The van der Waals surface area contributed by atoms with E-state index in [4.69, 9.17) is 11.0 Å². The van der Waals surface area contributed by atoms with Crippen LogP contribution in [0.5, 0.6) is 0 Å². The summed E-state index contributed by atoms with van der Waals surface area (Å²) in [6.45, 7) is 0.526. The smallest absolute Gasteiger partial charge is 0.337 e. The number of nitrogen functional groups attached to an aromatic ring is 1. The second kappa shape index (κ2) is 5.61. The van der Waals surface area contributed by atoms with Gasteiger partial charge in [-0.15, -0.1) is 0 Å². The van der Waals surface area contributed by atoms with Crippen LogP contribution in [-0.2, 0) is 4.74 Å². The van der Waals surface area contributed by atoms with Gasteiger partial charge in [0.1, 0.15) is 0 Å². The van der Waals surface area contributed by atoms with Crippen molar-refractivity contribution in [1.82, 2.24) is 0 Å². The van der Waals surface area contributed by atoms with Gasteiger partial charge in [0, 0.05) is 6.54 Å². The number of hydrogen-bond donors (Lipinski definition) is 2. The molecule has 0 saturated heterocycles. The number of anilines is 2. The number of nitrogens with zero attached hydrogens (tertiary/aromatic N) is 1. The fraction of sp³-hybridized carbons (Fsp3) is 0.273. The molecule has 16 heavy (non-hydrogen) atoms. The summed E-state index contributed by atoms with van der Waals surface area (Å²) < 4.78 is 4.57. The molecule has 0 spiro atoms. The molecule has 0 radical (unpaired) electrons. The summed E-state index contributed by atoms with van der Waals surface area (Å²) in [5.41, 5.74) is 7.32. The fourth-order valence-electron chi connectivity index (χ4n) is 1.22. The minimum atomic E-state index is -0.421. The molecule has 0 amide bonds. The molecule has 0 aromatic heterocycles. The van der Waals surface area contributed by atoms with Crippen LogP contribution < -0.4 is 11.1 Å². The highest BCUT2D eigenvalue weighted by Gasteiger charge is 2.07. The van der Waals surface area contributed by atoms with Crippen molar-refractivity contribution in [3.63, 3.8) is 0 Å². The van der Waals surface area contributed by atoms with E-state index in [9.17, 15) is 4.79 Å². The molecule has 0 aliphatic carbocycles. The number of nitrogens with one attached hydrogen (secondary N) is 1. The normalized spacial score (nSPS) is 9.25. The molecule has 84 valence electrons. The third kappa shape index (κ3) is 2.89. The van der Waals surface area contributed by atoms with Crippen molar-refractivity contribution in [2.75, 3.05) is 24.7 Å². The van der Waals surface area contributed by atoms with Crippen LogP contribution in [0.25, 0.3) is 0 Å². The average molecular weight is 219 g/mol. The van der Waals surface area contributed by atoms with E-state index in [1.54, 1.807) is 18.2 Å². The SMILES string of the molecule is COC(=O)c1ccc(NCCC#N)c(N)c1. The van der Waals surface area contributed by atoms with Gasteiger partial charge in [-0.25, -0.2) is 4.79 Å². The predicted molar refractivity (Wildman–Crippen MR) is 60.9 cm³/mol. The van der Waals surface area contributed by atoms with Crippen LogP contribution in [-0.4, -0.2) is 19.6 Å². The van der Waals surface area contributed by atoms with Crippen LogP contribution in [0.1, 0.15) is 16.8 Å². The van der Waals surface area contributed by atoms with Gasteiger partial charge in [-0.1, -0.05) is 0 Å². The van der Waals surface area contributed by atoms with E-state index in [-0.39, 0.29) is 0 Å². The Balaban J connectivity index is 2.76. The highest BCUT2D eigenvalue weighted by atomic mass is 16.5. The summed E-state index contributed by atoms with van der Waals surface area (Å²) in [5.74, 6) is -0.421. The van der Waals surface area contributed by atoms with Crippen LogP contribution in [0, 0.1) is 11.3 Å². The lowest BCUT2D eigenvalue weighted by atomic mass is 10.1. The average Bonchev–Trinajstić information content (AvgIpc) is 2.30. The van der Waals surface area contributed by atoms with Gasteiger partial charge in [0.15, 0.2) is 0 Å². The van der Waals surface area contributed by atoms with Gasteiger partial charge in [0.25, 0.3) is 0 Å². The Kier molecular flexibility index (Phi) is 4.16. The maximum atomic E-state index is 11.2. The summed E-state index contributed by atoms with van der Waals surface area (Å²) >= 11 is 0. The fourth-order valence-corrected chi connectivity index (χ4v) is 1.22. The molecule has 0 saturated carbocycles. The van der Waals surface area contributed by atoms with Gasteiger partial charge >= 0.3 is 5.97 Å². The molecule has 0 atom stereocenters. The monoisotopic (exact) mass is 219 g/mol. The quantitative estimate of drug-likeness (QED) is 0.453. The molecule has 0 fully saturated rings. The number of ether oxygens (including phenoxy) is 1. The molecule has 0 aliphatic rings. The predicted octanol–water partition coefficient (Wildman–Crippen LogP) is 1.38. The molecule has 0 aliphatic heterocycles. The lowest BCUT2D eigenvalue weighted by Crippen LogP contribution is -2.06. The second-order valence-corrected chi connectivity index (χ2v) is 3.13. The third-order valence-electron chi connectivity index (χ3n) is 2.02. The first-order valence-corrected chi connectivity index (χ1v) is 4.77. The molecule has 5 nitrogen and oxygen atoms in total. The number of benzene rings is 1. The largest absolute Gasteiger partial charge is 0.465 e. The van der Waals surface area contributed by atoms with Crippen molar-refractivity contribution in [2.45, 2.75) is 6.42 Å². The molecule has 5 heteroatoms. The topological polar surface area (TPSA) is 88.1 Å². The second-order valence-electron chi connectivity index (χ2n) is 3.13. The standard InChI is InChI=1S/C11H13N3O2/c1-16-11(15)8-3-4-10(9(13)7-8)14-6-2-5-12/h3-4,7,14H,2,6,13H2,1H3. The number of rotatable bonds is 4. The number of carbonyl (C=O) groups excluding carboxylic acids is 1. The minimum Gasteiger partial charge on any atom is -0.465 e. The number of nitrogens with two attached hydrogens (primary N) is 1. The molecular formula is C11H13N3O2. The van der Waals surface area contributed by atoms with E-state index >= 15 is 0 Å². The highest BCUT2D eigenvalue weighted by Crippen LogP contribution is 2.20. The van der Waals surface area contributed by atoms with Gasteiger partial charge in [0.05, 0.1) is 36.5 Å². The maximum absolute atomic E-state index is 11.2. The van der Waals surface area contributed by atoms with Crippen LogP contribution >= 0.6 is 0 Å². The Morgan fingerprint density at radius 1 is 1.62 bits per heavy atom. The van der Waals surface area contributed by atoms with Gasteiger partial charge in [-0.05, 0) is 18.2 Å². The lowest BCUT2D eigenvalue weighted by Gasteiger charge is -2.08. The Morgan fingerprint density at radius 2 is 2.38 bits per heavy atom. The van der Waals surface area contributed by atoms with E-state index in [1.807, 2.05) is 6.07 Å². The molecule has 3 N–H and O–H groups in total. The first-order chi connectivity index (χ1) is 7.69. The van der Waals surface area contributed by atoms with E-state index in [2.05, 4.69) is 10.1 Å². The maximum Gasteiger partial charge on any atom is 0.337 e. The van der Waals surface area contributed by atoms with E-state index in [0.29, 0.717) is 29.9 Å². The molecule has 0 bridgehead atoms. The summed E-state index contributed by atoms with van der Waals surface area (Å²) in [4.78, 5) is 11.2. The van der Waals surface area contributed by atoms with Crippen molar-refractivity contribution >= 4 is 17.3 Å². The van der Waals surface area contributed by atoms with E-state index in [0.717, 1.165) is 0 Å². The highest BCUT2D eigenvalue weighted by molar-refractivity contribution is 5.91. The number of hydrogen-bond acceptors (Lipinski definition) is 5. The van der Waals surface area contributed by atoms with Crippen LogP contribution in [0.2, 0.25) is 0 Å². The summed E-state index contributed by atoms with van der Waals surface area (Å²) in [6, 6.07) is 6.88. The number of esters is 1. The minimum absolute atomic E-state index is 0.401. The Hall–Kier alpha value is -2.22. The van der Waals surface area contributed by atoms with Crippen molar-refractivity contribution in [2.24, 2.45) is 0 Å². The number of methoxy groups -OCH3 is 1. The third-order valence-corrected chi connectivity index (χ3v) is 2.02. The molecular weight excluding hydrogens is 206 g/mol. The molecule has 0 unspecified atom stereocenters. The molecule has 1 aromatic carbocycles. The Bertz CT molecular complexity index is 424. The molecule has 1 rings (SSSR count). The van der Waals surface area contributed by atoms with E-state index in [1.165, 1.54) is 7.11 Å². The zero-order valence-corrected chi connectivity index (χ0v) is 8.99. The first kappa shape index (κ1) is 11.9. The van der Waals surface area contributed by atoms with Gasteiger partial charge < -0.3 is 15.8 Å². The zero-order chi connectivity index (χ0) is 12.0. The van der Waals surface area contributed by atoms with Crippen LogP contribution in [0.3, 0.4) is 0 Å². The Labute approximate surface area is 93.8 Å². The summed E-state index contributed by atoms with van der Waals surface area (Å²) in [7, 11) is 1.32. The van der Waals surface area contributed by atoms with E-state index < -0.39 is 5.97 Å². The van der Waals surface area contributed by atoms with Gasteiger partial charge in [0.2, 0.25) is 0 Å². The zero-order valence-electron chi connectivity index (χ0n) is 8.99. The van der Waals surface area contributed by atoms with Crippen molar-refractivity contribution in [3.05, 3.63) is 23.8 Å². The first-order valence-electron chi connectivity index (χ1n) is 4.77. The summed E-state index contributed by atoms with van der Waals surface area (Å²) in [5, 5.41) is 11.4. The van der Waals surface area contributed by atoms with Crippen LogP contribution in [0.15, 0.2) is 18.2 Å². The number of nitriles is 1. The van der Waals surface area contributed by atoms with Crippen molar-refractivity contribution < 1.29 is 9.53 Å². The Morgan fingerprint density at radius 3 is 2.94 bits per heavy atom. The number of carbonyl (C=O) groups is 1. The molecule has 0 heterocycles. The van der Waals surface area contributed by atoms with Crippen LogP contribution in [0.4, 0.5) is 11.4 Å². The summed E-state index contributed by atoms with van der Waals surface area (Å²) in [6.07, 6.45) is 0.401. The molecule has 1 aromatic rings. The lowest BCUT2D eigenvalue weighted by molar-refractivity contribution is 0.0601. The van der Waals surface area contributed by atoms with Gasteiger partial charge in [-0.3, -0.25) is 0 Å². The van der Waals surface area contributed by atoms with Crippen molar-refractivity contribution in [3.8, 4) is 6.07 Å². The van der Waals surface area contributed by atoms with Crippen molar-refractivity contribution in [1.29, 1.82) is 5.26 Å².